The number of esters is 2. The average molecular weight is 564 g/mol. The molecule has 1 aromatic heterocycles. The first kappa shape index (κ1) is 28.5. The number of carbonyl (C=O) groups is 4. The highest BCUT2D eigenvalue weighted by Gasteiger charge is 2.29. The lowest BCUT2D eigenvalue weighted by molar-refractivity contribution is -0.136. The number of rotatable bonds is 8. The lowest BCUT2D eigenvalue weighted by atomic mass is 10.1. The smallest absolute Gasteiger partial charge is 0.343 e. The van der Waals surface area contributed by atoms with Gasteiger partial charge in [0.05, 0.1) is 30.6 Å². The highest BCUT2D eigenvalue weighted by molar-refractivity contribution is 7.17. The number of carbonyl (C=O) groups excluding carboxylic acids is 4. The maximum Gasteiger partial charge on any atom is 0.343 e. The maximum atomic E-state index is 12.6. The van der Waals surface area contributed by atoms with Gasteiger partial charge in [-0.2, -0.15) is 5.10 Å². The monoisotopic (exact) mass is 563 g/mol. The van der Waals surface area contributed by atoms with Crippen molar-refractivity contribution >= 4 is 45.8 Å². The predicted molar refractivity (Wildman–Crippen MR) is 150 cm³/mol. The van der Waals surface area contributed by atoms with E-state index in [1.165, 1.54) is 18.4 Å². The van der Waals surface area contributed by atoms with Crippen LogP contribution in [0.1, 0.15) is 62.6 Å². The minimum Gasteiger partial charge on any atom is -0.493 e. The fourth-order valence-electron chi connectivity index (χ4n) is 4.26. The van der Waals surface area contributed by atoms with E-state index < -0.39 is 23.8 Å². The standard InChI is InChI=1S/C29H29N3O7S/c1-5-38-29(36)24-20-11-8-12-23(20)40-27(24)30-25(33)26(34)32-31-17(3)18-13-14-21(22(15-18)37-4)39-28(35)19-10-7-6-9-16(19)2/h6-7,9-10,13-15H,5,8,11-12H2,1-4H3,(H,30,33)(H,32,34). The van der Waals surface area contributed by atoms with Gasteiger partial charge >= 0.3 is 23.8 Å². The number of methoxy groups -OCH3 is 1. The summed E-state index contributed by atoms with van der Waals surface area (Å²) in [7, 11) is 1.44. The normalized spacial score (nSPS) is 12.3. The Labute approximate surface area is 235 Å². The number of hydrogen-bond acceptors (Lipinski definition) is 9. The Balaban J connectivity index is 1.43. The summed E-state index contributed by atoms with van der Waals surface area (Å²) in [6, 6.07) is 11.9. The van der Waals surface area contributed by atoms with Crippen LogP contribution < -0.4 is 20.2 Å². The van der Waals surface area contributed by atoms with Gasteiger partial charge in [-0.15, -0.1) is 11.3 Å². The van der Waals surface area contributed by atoms with Crippen molar-refractivity contribution in [3.8, 4) is 11.5 Å². The second kappa shape index (κ2) is 12.6. The minimum atomic E-state index is -1.00. The van der Waals surface area contributed by atoms with E-state index in [0.29, 0.717) is 27.4 Å². The van der Waals surface area contributed by atoms with Crippen LogP contribution in [0.25, 0.3) is 0 Å². The molecule has 208 valence electrons. The Morgan fingerprint density at radius 1 is 1.00 bits per heavy atom. The molecule has 0 aliphatic heterocycles. The lowest BCUT2D eigenvalue weighted by Gasteiger charge is -2.12. The maximum absolute atomic E-state index is 12.6. The third kappa shape index (κ3) is 6.20. The van der Waals surface area contributed by atoms with Crippen molar-refractivity contribution in [2.45, 2.75) is 40.0 Å². The Bertz CT molecular complexity index is 1510. The Kier molecular flexibility index (Phi) is 8.95. The van der Waals surface area contributed by atoms with E-state index in [1.807, 2.05) is 19.1 Å². The molecule has 10 nitrogen and oxygen atoms in total. The second-order valence-electron chi connectivity index (χ2n) is 8.94. The molecular formula is C29H29N3O7S. The highest BCUT2D eigenvalue weighted by Crippen LogP contribution is 2.39. The largest absolute Gasteiger partial charge is 0.493 e. The predicted octanol–water partition coefficient (Wildman–Crippen LogP) is 4.43. The van der Waals surface area contributed by atoms with Crippen LogP contribution in [-0.2, 0) is 27.2 Å². The molecule has 2 aromatic carbocycles. The van der Waals surface area contributed by atoms with Gasteiger partial charge < -0.3 is 19.5 Å². The number of anilines is 1. The van der Waals surface area contributed by atoms with Crippen LogP contribution in [-0.4, -0.2) is 43.2 Å². The number of ether oxygens (including phenoxy) is 3. The molecule has 0 fully saturated rings. The molecule has 0 bridgehead atoms. The Hall–Kier alpha value is -4.51. The third-order valence-electron chi connectivity index (χ3n) is 6.31. The number of nitrogens with one attached hydrogen (secondary N) is 2. The molecule has 0 spiro atoms. The zero-order chi connectivity index (χ0) is 28.8. The molecule has 2 N–H and O–H groups in total. The number of hydrazone groups is 1. The van der Waals surface area contributed by atoms with Crippen molar-refractivity contribution in [3.63, 3.8) is 0 Å². The van der Waals surface area contributed by atoms with Gasteiger partial charge in [0.2, 0.25) is 0 Å². The van der Waals surface area contributed by atoms with Crippen molar-refractivity contribution in [2.24, 2.45) is 5.10 Å². The molecule has 3 aromatic rings. The molecule has 1 heterocycles. The van der Waals surface area contributed by atoms with E-state index >= 15 is 0 Å². The molecule has 1 aliphatic carbocycles. The van der Waals surface area contributed by atoms with Gasteiger partial charge in [-0.25, -0.2) is 15.0 Å². The summed E-state index contributed by atoms with van der Waals surface area (Å²) in [6.07, 6.45) is 2.46. The fraction of sp³-hybridized carbons (Fsp3) is 0.276. The quantitative estimate of drug-likeness (QED) is 0.136. The SMILES string of the molecule is CCOC(=O)c1c(NC(=O)C(=O)NN=C(C)c2ccc(OC(=O)c3ccccc3C)c(OC)c2)sc2c1CCC2. The number of amides is 2. The summed E-state index contributed by atoms with van der Waals surface area (Å²) in [6.45, 7) is 5.36. The molecule has 0 atom stereocenters. The Morgan fingerprint density at radius 2 is 1.77 bits per heavy atom. The van der Waals surface area contributed by atoms with E-state index in [4.69, 9.17) is 14.2 Å². The molecule has 1 aliphatic rings. The summed E-state index contributed by atoms with van der Waals surface area (Å²) < 4.78 is 16.1. The van der Waals surface area contributed by atoms with Gasteiger partial charge in [0.15, 0.2) is 11.5 Å². The van der Waals surface area contributed by atoms with Crippen molar-refractivity contribution in [1.82, 2.24) is 5.43 Å². The van der Waals surface area contributed by atoms with Crippen LogP contribution in [0.3, 0.4) is 0 Å². The van der Waals surface area contributed by atoms with Crippen LogP contribution in [0.2, 0.25) is 0 Å². The van der Waals surface area contributed by atoms with Crippen LogP contribution >= 0.6 is 11.3 Å². The number of fused-ring (bicyclic) bond motifs is 1. The summed E-state index contributed by atoms with van der Waals surface area (Å²) in [5, 5.41) is 6.85. The number of aryl methyl sites for hydroxylation is 2. The first-order valence-electron chi connectivity index (χ1n) is 12.7. The first-order chi connectivity index (χ1) is 19.2. The van der Waals surface area contributed by atoms with E-state index in [0.717, 1.165) is 35.3 Å². The minimum absolute atomic E-state index is 0.201. The lowest BCUT2D eigenvalue weighted by Crippen LogP contribution is -2.33. The number of benzene rings is 2. The summed E-state index contributed by atoms with van der Waals surface area (Å²) in [5.74, 6) is -2.49. The number of nitrogens with zero attached hydrogens (tertiary/aromatic N) is 1. The summed E-state index contributed by atoms with van der Waals surface area (Å²) >= 11 is 1.28. The van der Waals surface area contributed by atoms with Crippen molar-refractivity contribution in [1.29, 1.82) is 0 Å². The molecule has 2 amide bonds. The van der Waals surface area contributed by atoms with E-state index in [-0.39, 0.29) is 18.1 Å². The Morgan fingerprint density at radius 3 is 2.50 bits per heavy atom. The van der Waals surface area contributed by atoms with E-state index in [9.17, 15) is 19.2 Å². The van der Waals surface area contributed by atoms with Crippen LogP contribution in [0.4, 0.5) is 5.00 Å². The van der Waals surface area contributed by atoms with Gasteiger partial charge in [0.25, 0.3) is 0 Å². The van der Waals surface area contributed by atoms with Gasteiger partial charge in [-0.05, 0) is 75.4 Å². The molecule has 0 radical (unpaired) electrons. The van der Waals surface area contributed by atoms with Crippen molar-refractivity contribution < 1.29 is 33.4 Å². The first-order valence-corrected chi connectivity index (χ1v) is 13.5. The number of thiophene rings is 1. The average Bonchev–Trinajstić information content (AvgIpc) is 3.52. The van der Waals surface area contributed by atoms with Gasteiger partial charge in [0.1, 0.15) is 5.00 Å². The van der Waals surface area contributed by atoms with Gasteiger partial charge in [-0.1, -0.05) is 18.2 Å². The van der Waals surface area contributed by atoms with Crippen molar-refractivity contribution in [3.05, 3.63) is 75.2 Å². The zero-order valence-corrected chi connectivity index (χ0v) is 23.4. The summed E-state index contributed by atoms with van der Waals surface area (Å²) in [5.41, 5.74) is 5.58. The molecule has 0 saturated heterocycles. The zero-order valence-electron chi connectivity index (χ0n) is 22.6. The topological polar surface area (TPSA) is 132 Å². The van der Waals surface area contributed by atoms with Gasteiger partial charge in [-0.3, -0.25) is 9.59 Å². The van der Waals surface area contributed by atoms with Crippen LogP contribution in [0.15, 0.2) is 47.6 Å². The van der Waals surface area contributed by atoms with E-state index in [2.05, 4.69) is 15.8 Å². The van der Waals surface area contributed by atoms with E-state index in [1.54, 1.807) is 44.2 Å². The van der Waals surface area contributed by atoms with Gasteiger partial charge in [0, 0.05) is 10.4 Å². The molecule has 0 saturated carbocycles. The van der Waals surface area contributed by atoms with Crippen LogP contribution in [0, 0.1) is 6.92 Å². The molecule has 4 rings (SSSR count). The molecule has 0 unspecified atom stereocenters. The van der Waals surface area contributed by atoms with Crippen LogP contribution in [0.5, 0.6) is 11.5 Å². The molecule has 11 heteroatoms. The van der Waals surface area contributed by atoms with Crippen molar-refractivity contribution in [2.75, 3.05) is 19.0 Å². The highest BCUT2D eigenvalue weighted by atomic mass is 32.1. The fourth-order valence-corrected chi connectivity index (χ4v) is 5.53. The summed E-state index contributed by atoms with van der Waals surface area (Å²) in [4.78, 5) is 51.2. The third-order valence-corrected chi connectivity index (χ3v) is 7.52. The molecular weight excluding hydrogens is 534 g/mol. The molecule has 40 heavy (non-hydrogen) atoms. The second-order valence-corrected chi connectivity index (χ2v) is 10.0. The number of hydrogen-bond donors (Lipinski definition) is 2.